The van der Waals surface area contributed by atoms with Gasteiger partial charge in [-0.05, 0) is 7.05 Å². The van der Waals surface area contributed by atoms with E-state index >= 15 is 0 Å². The zero-order chi connectivity index (χ0) is 12.7. The predicted octanol–water partition coefficient (Wildman–Crippen LogP) is -0.665. The van der Waals surface area contributed by atoms with E-state index in [9.17, 15) is 9.59 Å². The van der Waals surface area contributed by atoms with Crippen LogP contribution in [-0.4, -0.2) is 75.1 Å². The molecule has 1 rings (SSSR count). The molecule has 0 aromatic rings. The number of nitrogens with one attached hydrogen (secondary N) is 1. The number of hydrogen-bond donors (Lipinski definition) is 1. The molecule has 1 heterocycles. The van der Waals surface area contributed by atoms with Crippen molar-refractivity contribution < 1.29 is 14.3 Å². The van der Waals surface area contributed by atoms with Gasteiger partial charge in [-0.1, -0.05) is 0 Å². The average molecular weight is 280 g/mol. The van der Waals surface area contributed by atoms with Crippen LogP contribution in [0.3, 0.4) is 0 Å². The summed E-state index contributed by atoms with van der Waals surface area (Å²) in [4.78, 5) is 26.8. The Labute approximate surface area is 114 Å². The molecule has 1 aliphatic rings. The first kappa shape index (κ1) is 17.2. The van der Waals surface area contributed by atoms with E-state index in [4.69, 9.17) is 4.74 Å². The van der Waals surface area contributed by atoms with Gasteiger partial charge in [0.05, 0.1) is 0 Å². The highest BCUT2D eigenvalue weighted by molar-refractivity contribution is 5.85. The molecular weight excluding hydrogens is 258 g/mol. The summed E-state index contributed by atoms with van der Waals surface area (Å²) in [5.74, 6) is 0.146. The third-order valence-corrected chi connectivity index (χ3v) is 2.84. The number of rotatable bonds is 5. The summed E-state index contributed by atoms with van der Waals surface area (Å²) in [6.07, 6.45) is 0.516. The molecule has 1 N–H and O–H groups in total. The number of halogens is 1. The van der Waals surface area contributed by atoms with E-state index < -0.39 is 0 Å². The van der Waals surface area contributed by atoms with Gasteiger partial charge in [-0.2, -0.15) is 0 Å². The second-order valence-electron chi connectivity index (χ2n) is 4.05. The monoisotopic (exact) mass is 279 g/mol. The van der Waals surface area contributed by atoms with Gasteiger partial charge in [-0.25, -0.2) is 0 Å². The summed E-state index contributed by atoms with van der Waals surface area (Å²) in [6.45, 7) is 3.27. The molecule has 0 aliphatic carbocycles. The summed E-state index contributed by atoms with van der Waals surface area (Å²) >= 11 is 0. The minimum absolute atomic E-state index is 0. The number of amides is 2. The largest absolute Gasteiger partial charge is 0.375 e. The molecule has 0 aromatic carbocycles. The zero-order valence-corrected chi connectivity index (χ0v) is 11.8. The Balaban J connectivity index is 0.00000289. The Morgan fingerprint density at radius 3 is 2.06 bits per heavy atom. The van der Waals surface area contributed by atoms with Crippen molar-refractivity contribution in [1.29, 1.82) is 0 Å². The lowest BCUT2D eigenvalue weighted by molar-refractivity contribution is -0.141. The molecule has 7 heteroatoms. The van der Waals surface area contributed by atoms with Crippen LogP contribution < -0.4 is 5.32 Å². The first-order chi connectivity index (χ1) is 8.19. The number of nitrogens with zero attached hydrogens (tertiary/aromatic N) is 2. The van der Waals surface area contributed by atoms with Crippen molar-refractivity contribution in [2.75, 3.05) is 53.5 Å². The Kier molecular flexibility index (Phi) is 8.70. The van der Waals surface area contributed by atoms with E-state index in [1.54, 1.807) is 4.90 Å². The van der Waals surface area contributed by atoms with Crippen LogP contribution in [-0.2, 0) is 14.3 Å². The Morgan fingerprint density at radius 1 is 1.11 bits per heavy atom. The molecule has 0 atom stereocenters. The SMILES string of the molecule is CNCCC(=O)N1CCN(C(=O)COC)CC1.Cl. The van der Waals surface area contributed by atoms with Gasteiger partial charge in [-0.3, -0.25) is 9.59 Å². The molecule has 0 aromatic heterocycles. The molecule has 18 heavy (non-hydrogen) atoms. The fraction of sp³-hybridized carbons (Fsp3) is 0.818. The van der Waals surface area contributed by atoms with Gasteiger partial charge < -0.3 is 19.9 Å². The van der Waals surface area contributed by atoms with Gasteiger partial charge in [0.2, 0.25) is 11.8 Å². The lowest BCUT2D eigenvalue weighted by Crippen LogP contribution is -2.51. The molecule has 1 saturated heterocycles. The summed E-state index contributed by atoms with van der Waals surface area (Å²) in [5.41, 5.74) is 0. The Morgan fingerprint density at radius 2 is 1.61 bits per heavy atom. The molecule has 0 saturated carbocycles. The molecular formula is C11H22ClN3O3. The quantitative estimate of drug-likeness (QED) is 0.725. The van der Waals surface area contributed by atoms with Crippen molar-refractivity contribution in [1.82, 2.24) is 15.1 Å². The van der Waals surface area contributed by atoms with Crippen LogP contribution in [0.2, 0.25) is 0 Å². The number of piperazine rings is 1. The topological polar surface area (TPSA) is 61.9 Å². The molecule has 106 valence electrons. The fourth-order valence-corrected chi connectivity index (χ4v) is 1.81. The minimum Gasteiger partial charge on any atom is -0.375 e. The lowest BCUT2D eigenvalue weighted by atomic mass is 10.2. The Hall–Kier alpha value is -0.850. The normalized spacial score (nSPS) is 15.2. The molecule has 0 unspecified atom stereocenters. The van der Waals surface area contributed by atoms with Crippen LogP contribution in [0.1, 0.15) is 6.42 Å². The van der Waals surface area contributed by atoms with Crippen LogP contribution in [0.4, 0.5) is 0 Å². The maximum atomic E-state index is 11.7. The molecule has 1 fully saturated rings. The first-order valence-electron chi connectivity index (χ1n) is 5.88. The predicted molar refractivity (Wildman–Crippen MR) is 70.8 cm³/mol. The van der Waals surface area contributed by atoms with Crippen molar-refractivity contribution in [2.45, 2.75) is 6.42 Å². The van der Waals surface area contributed by atoms with Crippen molar-refractivity contribution in [3.05, 3.63) is 0 Å². The van der Waals surface area contributed by atoms with E-state index in [0.29, 0.717) is 39.1 Å². The van der Waals surface area contributed by atoms with E-state index in [2.05, 4.69) is 5.32 Å². The molecule has 0 spiro atoms. The molecule has 6 nitrogen and oxygen atoms in total. The van der Waals surface area contributed by atoms with E-state index in [0.717, 1.165) is 0 Å². The molecule has 0 bridgehead atoms. The Bertz CT molecular complexity index is 268. The summed E-state index contributed by atoms with van der Waals surface area (Å²) < 4.78 is 4.80. The number of carbonyl (C=O) groups is 2. The summed E-state index contributed by atoms with van der Waals surface area (Å²) in [7, 11) is 3.34. The van der Waals surface area contributed by atoms with Crippen molar-refractivity contribution in [3.8, 4) is 0 Å². The smallest absolute Gasteiger partial charge is 0.248 e. The molecule has 0 radical (unpaired) electrons. The number of methoxy groups -OCH3 is 1. The fourth-order valence-electron chi connectivity index (χ4n) is 1.81. The summed E-state index contributed by atoms with van der Waals surface area (Å²) in [6, 6.07) is 0. The highest BCUT2D eigenvalue weighted by Crippen LogP contribution is 2.04. The number of hydrogen-bond acceptors (Lipinski definition) is 4. The van der Waals surface area contributed by atoms with Gasteiger partial charge in [0, 0.05) is 46.3 Å². The first-order valence-corrected chi connectivity index (χ1v) is 5.88. The maximum Gasteiger partial charge on any atom is 0.248 e. The minimum atomic E-state index is -0.00479. The zero-order valence-electron chi connectivity index (χ0n) is 11.0. The van der Waals surface area contributed by atoms with E-state index in [1.807, 2.05) is 11.9 Å². The summed E-state index contributed by atoms with van der Waals surface area (Å²) in [5, 5.41) is 2.95. The third-order valence-electron chi connectivity index (χ3n) is 2.84. The highest BCUT2D eigenvalue weighted by atomic mass is 35.5. The maximum absolute atomic E-state index is 11.7. The number of ether oxygens (including phenoxy) is 1. The second kappa shape index (κ2) is 9.13. The average Bonchev–Trinajstić information content (AvgIpc) is 2.36. The van der Waals surface area contributed by atoms with Crippen molar-refractivity contribution in [2.24, 2.45) is 0 Å². The van der Waals surface area contributed by atoms with Gasteiger partial charge in [0.15, 0.2) is 0 Å². The highest BCUT2D eigenvalue weighted by Gasteiger charge is 2.23. The van der Waals surface area contributed by atoms with Crippen molar-refractivity contribution in [3.63, 3.8) is 0 Å². The lowest BCUT2D eigenvalue weighted by Gasteiger charge is -2.34. The van der Waals surface area contributed by atoms with Crippen LogP contribution in [0.5, 0.6) is 0 Å². The van der Waals surface area contributed by atoms with Crippen molar-refractivity contribution >= 4 is 24.2 Å². The standard InChI is InChI=1S/C11H21N3O3.ClH/c1-12-4-3-10(15)13-5-7-14(8-6-13)11(16)9-17-2;/h12H,3-9H2,1-2H3;1H. The van der Waals surface area contributed by atoms with E-state index in [1.165, 1.54) is 7.11 Å². The molecule has 2 amide bonds. The third kappa shape index (κ3) is 5.20. The van der Waals surface area contributed by atoms with Crippen LogP contribution in [0, 0.1) is 0 Å². The van der Waals surface area contributed by atoms with Gasteiger partial charge in [0.25, 0.3) is 0 Å². The van der Waals surface area contributed by atoms with Gasteiger partial charge in [0.1, 0.15) is 6.61 Å². The molecule has 1 aliphatic heterocycles. The van der Waals surface area contributed by atoms with Crippen LogP contribution in [0.15, 0.2) is 0 Å². The number of carbonyl (C=O) groups excluding carboxylic acids is 2. The van der Waals surface area contributed by atoms with Crippen LogP contribution >= 0.6 is 12.4 Å². The van der Waals surface area contributed by atoms with Gasteiger partial charge >= 0.3 is 0 Å². The van der Waals surface area contributed by atoms with Crippen LogP contribution in [0.25, 0.3) is 0 Å². The van der Waals surface area contributed by atoms with E-state index in [-0.39, 0.29) is 30.8 Å². The van der Waals surface area contributed by atoms with Gasteiger partial charge in [-0.15, -0.1) is 12.4 Å². The second-order valence-corrected chi connectivity index (χ2v) is 4.05.